The lowest BCUT2D eigenvalue weighted by Crippen LogP contribution is -2.43. The average molecular weight is 230 g/mol. The van der Waals surface area contributed by atoms with Crippen LogP contribution in [0.2, 0.25) is 0 Å². The first-order valence-electron chi connectivity index (χ1n) is 5.33. The van der Waals surface area contributed by atoms with E-state index in [9.17, 15) is 4.79 Å². The molecule has 17 heavy (non-hydrogen) atoms. The predicted octanol–water partition coefficient (Wildman–Crippen LogP) is 1.88. The molecule has 0 aliphatic carbocycles. The van der Waals surface area contributed by atoms with Crippen molar-refractivity contribution in [2.24, 2.45) is 5.73 Å². The Morgan fingerprint density at radius 1 is 1.35 bits per heavy atom. The van der Waals surface area contributed by atoms with Crippen LogP contribution in [0.4, 0.5) is 0 Å². The van der Waals surface area contributed by atoms with Crippen LogP contribution in [0.1, 0.15) is 13.8 Å². The third kappa shape index (κ3) is 2.36. The largest absolute Gasteiger partial charge is 0.478 e. The van der Waals surface area contributed by atoms with Crippen LogP contribution in [-0.4, -0.2) is 16.5 Å². The van der Waals surface area contributed by atoms with Gasteiger partial charge in [0.2, 0.25) is 0 Å². The number of aromatic nitrogens is 1. The van der Waals surface area contributed by atoms with Gasteiger partial charge in [0, 0.05) is 11.6 Å². The minimum absolute atomic E-state index is 0.496. The topological polar surface area (TPSA) is 65.2 Å². The number of pyridine rings is 1. The van der Waals surface area contributed by atoms with E-state index in [1.807, 2.05) is 24.3 Å². The summed E-state index contributed by atoms with van der Waals surface area (Å²) in [5, 5.41) is 0.963. The molecular weight excluding hydrogens is 216 g/mol. The summed E-state index contributed by atoms with van der Waals surface area (Å²) in [6.45, 7) is 3.28. The van der Waals surface area contributed by atoms with Crippen molar-refractivity contribution in [3.63, 3.8) is 0 Å². The Kier molecular flexibility index (Phi) is 2.71. The maximum absolute atomic E-state index is 11.2. The smallest absolute Gasteiger partial charge is 0.261 e. The highest BCUT2D eigenvalue weighted by atomic mass is 16.5. The molecule has 0 saturated carbocycles. The third-order valence-corrected chi connectivity index (χ3v) is 2.54. The summed E-state index contributed by atoms with van der Waals surface area (Å²) in [7, 11) is 0. The summed E-state index contributed by atoms with van der Waals surface area (Å²) < 4.78 is 5.57. The van der Waals surface area contributed by atoms with E-state index in [4.69, 9.17) is 10.5 Å². The number of nitrogens with zero attached hydrogens (tertiary/aromatic N) is 1. The number of rotatable bonds is 3. The van der Waals surface area contributed by atoms with Crippen LogP contribution in [0, 0.1) is 0 Å². The molecule has 0 bridgehead atoms. The fourth-order valence-electron chi connectivity index (χ4n) is 1.46. The SMILES string of the molecule is CC(C)(Oc1ccc2ncccc2c1)C(N)=O. The van der Waals surface area contributed by atoms with Crippen LogP contribution in [-0.2, 0) is 4.79 Å². The van der Waals surface area contributed by atoms with E-state index in [0.29, 0.717) is 5.75 Å². The van der Waals surface area contributed by atoms with E-state index in [-0.39, 0.29) is 0 Å². The van der Waals surface area contributed by atoms with Crippen molar-refractivity contribution >= 4 is 16.8 Å². The molecule has 1 heterocycles. The van der Waals surface area contributed by atoms with Crippen molar-refractivity contribution in [1.29, 1.82) is 0 Å². The van der Waals surface area contributed by atoms with E-state index < -0.39 is 11.5 Å². The summed E-state index contributed by atoms with van der Waals surface area (Å²) in [6, 6.07) is 9.26. The molecule has 2 rings (SSSR count). The summed E-state index contributed by atoms with van der Waals surface area (Å²) in [5.74, 6) is 0.109. The van der Waals surface area contributed by atoms with E-state index in [2.05, 4.69) is 4.98 Å². The van der Waals surface area contributed by atoms with Gasteiger partial charge in [0.1, 0.15) is 5.75 Å². The van der Waals surface area contributed by atoms with Crippen LogP contribution in [0.3, 0.4) is 0 Å². The van der Waals surface area contributed by atoms with Crippen molar-refractivity contribution in [2.45, 2.75) is 19.4 Å². The fraction of sp³-hybridized carbons (Fsp3) is 0.231. The number of amides is 1. The van der Waals surface area contributed by atoms with Crippen molar-refractivity contribution in [2.75, 3.05) is 0 Å². The maximum atomic E-state index is 11.2. The lowest BCUT2D eigenvalue weighted by Gasteiger charge is -2.22. The number of carbonyl (C=O) groups is 1. The maximum Gasteiger partial charge on any atom is 0.261 e. The second kappa shape index (κ2) is 4.05. The zero-order valence-corrected chi connectivity index (χ0v) is 9.81. The number of fused-ring (bicyclic) bond motifs is 1. The summed E-state index contributed by atoms with van der Waals surface area (Å²) in [4.78, 5) is 15.4. The number of carbonyl (C=O) groups excluding carboxylic acids is 1. The number of nitrogens with two attached hydrogens (primary N) is 1. The molecule has 2 N–H and O–H groups in total. The molecular formula is C13H14N2O2. The Labute approximate surface area is 99.4 Å². The van der Waals surface area contributed by atoms with Crippen LogP contribution >= 0.6 is 0 Å². The molecule has 4 nitrogen and oxygen atoms in total. The van der Waals surface area contributed by atoms with Gasteiger partial charge in [-0.1, -0.05) is 6.07 Å². The Balaban J connectivity index is 2.34. The summed E-state index contributed by atoms with van der Waals surface area (Å²) >= 11 is 0. The fourth-order valence-corrected chi connectivity index (χ4v) is 1.46. The molecule has 0 aliphatic rings. The van der Waals surface area contributed by atoms with Gasteiger partial charge in [-0.3, -0.25) is 9.78 Å². The molecule has 2 aromatic rings. The van der Waals surface area contributed by atoms with Crippen LogP contribution in [0.25, 0.3) is 10.9 Å². The Morgan fingerprint density at radius 3 is 2.82 bits per heavy atom. The first-order valence-corrected chi connectivity index (χ1v) is 5.33. The van der Waals surface area contributed by atoms with E-state index in [0.717, 1.165) is 10.9 Å². The molecule has 1 aromatic carbocycles. The molecule has 0 radical (unpaired) electrons. The Hall–Kier alpha value is -2.10. The highest BCUT2D eigenvalue weighted by Gasteiger charge is 2.27. The second-order valence-corrected chi connectivity index (χ2v) is 4.33. The predicted molar refractivity (Wildman–Crippen MR) is 65.6 cm³/mol. The Morgan fingerprint density at radius 2 is 2.12 bits per heavy atom. The number of benzene rings is 1. The number of ether oxygens (including phenoxy) is 1. The van der Waals surface area contributed by atoms with Crippen molar-refractivity contribution in [3.8, 4) is 5.75 Å². The molecule has 1 aromatic heterocycles. The minimum Gasteiger partial charge on any atom is -0.478 e. The van der Waals surface area contributed by atoms with Gasteiger partial charge in [0.05, 0.1) is 5.52 Å². The number of primary amides is 1. The molecule has 0 aliphatic heterocycles. The molecule has 0 fully saturated rings. The van der Waals surface area contributed by atoms with Gasteiger partial charge in [-0.2, -0.15) is 0 Å². The average Bonchev–Trinajstić information content (AvgIpc) is 2.28. The van der Waals surface area contributed by atoms with Gasteiger partial charge in [-0.05, 0) is 38.1 Å². The summed E-state index contributed by atoms with van der Waals surface area (Å²) in [6.07, 6.45) is 1.73. The third-order valence-electron chi connectivity index (χ3n) is 2.54. The standard InChI is InChI=1S/C13H14N2O2/c1-13(2,12(14)16)17-10-5-6-11-9(8-10)4-3-7-15-11/h3-8H,1-2H3,(H2,14,16). The lowest BCUT2D eigenvalue weighted by molar-refractivity contribution is -0.130. The first-order chi connectivity index (χ1) is 7.99. The molecule has 0 atom stereocenters. The first kappa shape index (κ1) is 11.4. The second-order valence-electron chi connectivity index (χ2n) is 4.33. The van der Waals surface area contributed by atoms with Crippen LogP contribution < -0.4 is 10.5 Å². The van der Waals surface area contributed by atoms with Crippen molar-refractivity contribution < 1.29 is 9.53 Å². The van der Waals surface area contributed by atoms with Gasteiger partial charge < -0.3 is 10.5 Å². The van der Waals surface area contributed by atoms with E-state index in [1.165, 1.54) is 0 Å². The highest BCUT2D eigenvalue weighted by Crippen LogP contribution is 2.22. The Bertz CT molecular complexity index is 564. The molecule has 0 unspecified atom stereocenters. The monoisotopic (exact) mass is 230 g/mol. The van der Waals surface area contributed by atoms with Gasteiger partial charge in [-0.15, -0.1) is 0 Å². The number of hydrogen-bond donors (Lipinski definition) is 1. The molecule has 4 heteroatoms. The zero-order valence-electron chi connectivity index (χ0n) is 9.81. The van der Waals surface area contributed by atoms with E-state index >= 15 is 0 Å². The van der Waals surface area contributed by atoms with Crippen LogP contribution in [0.5, 0.6) is 5.75 Å². The van der Waals surface area contributed by atoms with Crippen LogP contribution in [0.15, 0.2) is 36.5 Å². The van der Waals surface area contributed by atoms with Gasteiger partial charge in [0.25, 0.3) is 5.91 Å². The normalized spacial score (nSPS) is 11.4. The lowest BCUT2D eigenvalue weighted by atomic mass is 10.1. The summed E-state index contributed by atoms with van der Waals surface area (Å²) in [5.41, 5.74) is 5.12. The zero-order chi connectivity index (χ0) is 12.5. The highest BCUT2D eigenvalue weighted by molar-refractivity contribution is 5.83. The van der Waals surface area contributed by atoms with Gasteiger partial charge in [-0.25, -0.2) is 0 Å². The molecule has 0 saturated heterocycles. The molecule has 0 spiro atoms. The molecule has 1 amide bonds. The van der Waals surface area contributed by atoms with E-state index in [1.54, 1.807) is 26.1 Å². The molecule has 88 valence electrons. The van der Waals surface area contributed by atoms with Crippen molar-refractivity contribution in [3.05, 3.63) is 36.5 Å². The van der Waals surface area contributed by atoms with Crippen molar-refractivity contribution in [1.82, 2.24) is 4.98 Å². The number of hydrogen-bond acceptors (Lipinski definition) is 3. The minimum atomic E-state index is -1.02. The quantitative estimate of drug-likeness (QED) is 0.875. The van der Waals surface area contributed by atoms with Gasteiger partial charge in [0.15, 0.2) is 5.60 Å². The van der Waals surface area contributed by atoms with Gasteiger partial charge >= 0.3 is 0 Å².